The fraction of sp³-hybridized carbons (Fsp3) is 0.556. The summed E-state index contributed by atoms with van der Waals surface area (Å²) < 4.78 is 47.7. The van der Waals surface area contributed by atoms with Crippen LogP contribution in [0.4, 0.5) is 13.2 Å². The van der Waals surface area contributed by atoms with E-state index in [9.17, 15) is 22.8 Å². The van der Waals surface area contributed by atoms with Crippen LogP contribution in [0.5, 0.6) is 11.5 Å². The molecule has 27 heavy (non-hydrogen) atoms. The highest BCUT2D eigenvalue weighted by Crippen LogP contribution is 2.25. The third kappa shape index (κ3) is 5.51. The molecule has 1 saturated heterocycles. The van der Waals surface area contributed by atoms with Gasteiger partial charge in [0.2, 0.25) is 5.91 Å². The lowest BCUT2D eigenvalue weighted by Gasteiger charge is -2.31. The van der Waals surface area contributed by atoms with Gasteiger partial charge in [0.25, 0.3) is 0 Å². The van der Waals surface area contributed by atoms with Crippen molar-refractivity contribution < 1.29 is 32.2 Å². The van der Waals surface area contributed by atoms with Gasteiger partial charge in [-0.1, -0.05) is 6.07 Å². The minimum Gasteiger partial charge on any atom is -0.497 e. The number of halogens is 3. The van der Waals surface area contributed by atoms with Crippen LogP contribution in [-0.2, 0) is 16.0 Å². The van der Waals surface area contributed by atoms with Crippen LogP contribution in [0.25, 0.3) is 0 Å². The number of benzene rings is 1. The minimum absolute atomic E-state index is 0.0667. The van der Waals surface area contributed by atoms with Crippen LogP contribution in [0.1, 0.15) is 18.4 Å². The van der Waals surface area contributed by atoms with Crippen molar-refractivity contribution in [1.82, 2.24) is 10.2 Å². The van der Waals surface area contributed by atoms with Gasteiger partial charge in [-0.05, 0) is 30.9 Å². The van der Waals surface area contributed by atoms with Crippen molar-refractivity contribution in [3.8, 4) is 11.5 Å². The second kappa shape index (κ2) is 8.96. The molecular formula is C18H23F3N2O4. The number of nitrogens with one attached hydrogen (secondary N) is 1. The number of amides is 2. The molecule has 1 N–H and O–H groups in total. The number of likely N-dealkylation sites (tertiary alicyclic amines) is 1. The maximum atomic E-state index is 12.4. The smallest absolute Gasteiger partial charge is 0.471 e. The average molecular weight is 388 g/mol. The van der Waals surface area contributed by atoms with Crippen LogP contribution in [0, 0.1) is 5.92 Å². The molecule has 1 heterocycles. The predicted octanol–water partition coefficient (Wildman–Crippen LogP) is 2.16. The molecule has 1 aromatic carbocycles. The number of carbonyl (C=O) groups excluding carboxylic acids is 2. The van der Waals surface area contributed by atoms with Crippen LogP contribution in [-0.4, -0.2) is 56.7 Å². The van der Waals surface area contributed by atoms with Crippen molar-refractivity contribution in [3.05, 3.63) is 23.8 Å². The summed E-state index contributed by atoms with van der Waals surface area (Å²) >= 11 is 0. The molecular weight excluding hydrogens is 365 g/mol. The number of ether oxygens (including phenoxy) is 2. The summed E-state index contributed by atoms with van der Waals surface area (Å²) in [6, 6.07) is 5.41. The number of carbonyl (C=O) groups is 2. The largest absolute Gasteiger partial charge is 0.497 e. The zero-order valence-electron chi connectivity index (χ0n) is 15.3. The first-order valence-corrected chi connectivity index (χ1v) is 8.61. The molecule has 1 aliphatic rings. The number of nitrogens with zero attached hydrogens (tertiary/aromatic N) is 1. The summed E-state index contributed by atoms with van der Waals surface area (Å²) in [5, 5.41) is 2.80. The molecule has 1 aromatic rings. The van der Waals surface area contributed by atoms with Crippen molar-refractivity contribution in [2.45, 2.75) is 25.4 Å². The van der Waals surface area contributed by atoms with Gasteiger partial charge in [0, 0.05) is 31.6 Å². The Hall–Kier alpha value is -2.45. The Bertz CT molecular complexity index is 671. The maximum absolute atomic E-state index is 12.4. The molecule has 2 rings (SSSR count). The normalized spacial score (nSPS) is 15.4. The van der Waals surface area contributed by atoms with Crippen LogP contribution >= 0.6 is 0 Å². The van der Waals surface area contributed by atoms with Crippen LogP contribution in [0.3, 0.4) is 0 Å². The van der Waals surface area contributed by atoms with Gasteiger partial charge >= 0.3 is 12.1 Å². The number of alkyl halides is 3. The van der Waals surface area contributed by atoms with E-state index in [4.69, 9.17) is 9.47 Å². The summed E-state index contributed by atoms with van der Waals surface area (Å²) in [5.74, 6) is -1.11. The fourth-order valence-corrected chi connectivity index (χ4v) is 3.05. The first kappa shape index (κ1) is 20.9. The highest BCUT2D eigenvalue weighted by Gasteiger charge is 2.43. The molecule has 0 saturated carbocycles. The fourth-order valence-electron chi connectivity index (χ4n) is 3.05. The summed E-state index contributed by atoms with van der Waals surface area (Å²) in [5.41, 5.74) is 0.907. The third-order valence-electron chi connectivity index (χ3n) is 4.58. The summed E-state index contributed by atoms with van der Waals surface area (Å²) in [7, 11) is 3.11. The Morgan fingerprint density at radius 2 is 1.85 bits per heavy atom. The Morgan fingerprint density at radius 3 is 2.41 bits per heavy atom. The Morgan fingerprint density at radius 1 is 1.19 bits per heavy atom. The molecule has 0 atom stereocenters. The molecule has 150 valence electrons. The molecule has 9 heteroatoms. The van der Waals surface area contributed by atoms with Crippen molar-refractivity contribution in [1.29, 1.82) is 0 Å². The molecule has 0 aromatic heterocycles. The topological polar surface area (TPSA) is 67.9 Å². The van der Waals surface area contributed by atoms with Gasteiger partial charge < -0.3 is 19.7 Å². The van der Waals surface area contributed by atoms with Gasteiger partial charge in [0.15, 0.2) is 0 Å². The SMILES string of the molecule is COc1ccc(CCNC(=O)C2CCN(C(=O)C(F)(F)F)CC2)c(OC)c1. The van der Waals surface area contributed by atoms with Gasteiger partial charge in [-0.25, -0.2) is 0 Å². The zero-order chi connectivity index (χ0) is 20.0. The molecule has 0 aliphatic carbocycles. The summed E-state index contributed by atoms with van der Waals surface area (Å²) in [6.07, 6.45) is -3.88. The Labute approximate surface area is 155 Å². The third-order valence-corrected chi connectivity index (χ3v) is 4.58. The molecule has 6 nitrogen and oxygen atoms in total. The first-order valence-electron chi connectivity index (χ1n) is 8.61. The Kier molecular flexibility index (Phi) is 6.92. The minimum atomic E-state index is -4.87. The van der Waals surface area contributed by atoms with Crippen molar-refractivity contribution in [3.63, 3.8) is 0 Å². The monoisotopic (exact) mass is 388 g/mol. The summed E-state index contributed by atoms with van der Waals surface area (Å²) in [4.78, 5) is 24.2. The van der Waals surface area contributed by atoms with Crippen LogP contribution in [0.15, 0.2) is 18.2 Å². The van der Waals surface area contributed by atoms with Gasteiger partial charge in [-0.3, -0.25) is 9.59 Å². The van der Waals surface area contributed by atoms with Gasteiger partial charge in [0.05, 0.1) is 14.2 Å². The predicted molar refractivity (Wildman–Crippen MR) is 91.6 cm³/mol. The van der Waals surface area contributed by atoms with E-state index in [1.807, 2.05) is 6.07 Å². The lowest BCUT2D eigenvalue weighted by Crippen LogP contribution is -2.47. The molecule has 1 fully saturated rings. The highest BCUT2D eigenvalue weighted by molar-refractivity contribution is 5.83. The second-order valence-corrected chi connectivity index (χ2v) is 6.28. The molecule has 2 amide bonds. The van der Waals surface area contributed by atoms with Crippen LogP contribution in [0.2, 0.25) is 0 Å². The van der Waals surface area contributed by atoms with Crippen LogP contribution < -0.4 is 14.8 Å². The lowest BCUT2D eigenvalue weighted by molar-refractivity contribution is -0.186. The van der Waals surface area contributed by atoms with E-state index in [1.54, 1.807) is 26.4 Å². The number of methoxy groups -OCH3 is 2. The van der Waals surface area contributed by atoms with Gasteiger partial charge in [0.1, 0.15) is 11.5 Å². The quantitative estimate of drug-likeness (QED) is 0.811. The first-order chi connectivity index (χ1) is 12.8. The summed E-state index contributed by atoms with van der Waals surface area (Å²) in [6.45, 7) is 0.245. The van der Waals surface area contributed by atoms with E-state index in [1.165, 1.54) is 0 Å². The number of piperidine rings is 1. The van der Waals surface area contributed by atoms with E-state index in [-0.39, 0.29) is 37.8 Å². The molecule has 0 bridgehead atoms. The molecule has 0 radical (unpaired) electrons. The highest BCUT2D eigenvalue weighted by atomic mass is 19.4. The second-order valence-electron chi connectivity index (χ2n) is 6.28. The lowest BCUT2D eigenvalue weighted by atomic mass is 9.95. The van der Waals surface area contributed by atoms with E-state index >= 15 is 0 Å². The standard InChI is InChI=1S/C18H23F3N2O4/c1-26-14-4-3-12(15(11-14)27-2)5-8-22-16(24)13-6-9-23(10-7-13)17(25)18(19,20)21/h3-4,11,13H,5-10H2,1-2H3,(H,22,24). The molecule has 0 unspecified atom stereocenters. The molecule has 1 aliphatic heterocycles. The zero-order valence-corrected chi connectivity index (χ0v) is 15.3. The average Bonchev–Trinajstić information content (AvgIpc) is 2.66. The van der Waals surface area contributed by atoms with Crippen molar-refractivity contribution in [2.75, 3.05) is 33.9 Å². The number of hydrogen-bond donors (Lipinski definition) is 1. The van der Waals surface area contributed by atoms with E-state index < -0.39 is 12.1 Å². The number of rotatable bonds is 6. The maximum Gasteiger partial charge on any atom is 0.471 e. The Balaban J connectivity index is 1.80. The van der Waals surface area contributed by atoms with E-state index in [0.29, 0.717) is 24.5 Å². The van der Waals surface area contributed by atoms with Crippen molar-refractivity contribution >= 4 is 11.8 Å². The van der Waals surface area contributed by atoms with Gasteiger partial charge in [-0.2, -0.15) is 13.2 Å². The molecule has 0 spiro atoms. The van der Waals surface area contributed by atoms with Crippen molar-refractivity contribution in [2.24, 2.45) is 5.92 Å². The van der Waals surface area contributed by atoms with E-state index in [2.05, 4.69) is 5.32 Å². The number of hydrogen-bond acceptors (Lipinski definition) is 4. The van der Waals surface area contributed by atoms with Gasteiger partial charge in [-0.15, -0.1) is 0 Å². The van der Waals surface area contributed by atoms with E-state index in [0.717, 1.165) is 10.5 Å².